The van der Waals surface area contributed by atoms with Crippen LogP contribution in [0.2, 0.25) is 0 Å². The summed E-state index contributed by atoms with van der Waals surface area (Å²) in [5.74, 6) is -0.139. The summed E-state index contributed by atoms with van der Waals surface area (Å²) in [5, 5.41) is 10.5. The van der Waals surface area contributed by atoms with E-state index in [1.165, 1.54) is 17.8 Å². The van der Waals surface area contributed by atoms with E-state index in [0.29, 0.717) is 22.2 Å². The Bertz CT molecular complexity index is 987. The molecular formula is C20H15BrFN3OS. The van der Waals surface area contributed by atoms with E-state index in [-0.39, 0.29) is 30.7 Å². The fourth-order valence-electron chi connectivity index (χ4n) is 3.43. The van der Waals surface area contributed by atoms with Crippen molar-refractivity contribution in [1.82, 2.24) is 4.90 Å². The Hall–Kier alpha value is -2.30. The molecule has 2 aromatic rings. The minimum absolute atomic E-state index is 0.0532. The third-order valence-corrected chi connectivity index (χ3v) is 6.39. The van der Waals surface area contributed by atoms with Crippen molar-refractivity contribution in [2.45, 2.75) is 12.3 Å². The Kier molecular flexibility index (Phi) is 4.94. The van der Waals surface area contributed by atoms with Crippen LogP contribution in [0.25, 0.3) is 0 Å². The summed E-state index contributed by atoms with van der Waals surface area (Å²) in [6.45, 7) is 0.248. The molecule has 136 valence electrons. The molecule has 2 aliphatic heterocycles. The third kappa shape index (κ3) is 3.35. The van der Waals surface area contributed by atoms with Crippen molar-refractivity contribution < 1.29 is 9.18 Å². The van der Waals surface area contributed by atoms with E-state index >= 15 is 0 Å². The van der Waals surface area contributed by atoms with Crippen molar-refractivity contribution in [2.24, 2.45) is 0 Å². The number of fused-ring (bicyclic) bond motifs is 1. The predicted octanol–water partition coefficient (Wildman–Crippen LogP) is 4.81. The SMILES string of the molecule is N#CC1=C2SCN(c3ccccc3F)CN2C(=O)C[C@H]1c1cccc(Br)c1. The van der Waals surface area contributed by atoms with Crippen LogP contribution >= 0.6 is 27.7 Å². The smallest absolute Gasteiger partial charge is 0.229 e. The van der Waals surface area contributed by atoms with Crippen LogP contribution < -0.4 is 4.90 Å². The monoisotopic (exact) mass is 443 g/mol. The highest BCUT2D eigenvalue weighted by Crippen LogP contribution is 2.43. The summed E-state index contributed by atoms with van der Waals surface area (Å²) in [5.41, 5.74) is 2.01. The van der Waals surface area contributed by atoms with E-state index in [2.05, 4.69) is 22.0 Å². The average molecular weight is 444 g/mol. The van der Waals surface area contributed by atoms with Crippen LogP contribution in [0.5, 0.6) is 0 Å². The molecule has 27 heavy (non-hydrogen) atoms. The molecule has 0 aliphatic carbocycles. The van der Waals surface area contributed by atoms with Gasteiger partial charge in [-0.2, -0.15) is 5.26 Å². The second-order valence-corrected chi connectivity index (χ2v) is 8.22. The van der Waals surface area contributed by atoms with E-state index in [1.54, 1.807) is 23.1 Å². The van der Waals surface area contributed by atoms with Gasteiger partial charge in [0.2, 0.25) is 5.91 Å². The fraction of sp³-hybridized carbons (Fsp3) is 0.200. The predicted molar refractivity (Wildman–Crippen MR) is 107 cm³/mol. The normalized spacial score (nSPS) is 19.7. The number of allylic oxidation sites excluding steroid dienone is 1. The van der Waals surface area contributed by atoms with Gasteiger partial charge in [-0.3, -0.25) is 9.69 Å². The highest BCUT2D eigenvalue weighted by Gasteiger charge is 2.38. The maximum Gasteiger partial charge on any atom is 0.229 e. The Morgan fingerprint density at radius 3 is 2.78 bits per heavy atom. The van der Waals surface area contributed by atoms with Crippen molar-refractivity contribution in [3.05, 3.63) is 75.0 Å². The number of nitriles is 1. The lowest BCUT2D eigenvalue weighted by Crippen LogP contribution is -2.47. The summed E-state index contributed by atoms with van der Waals surface area (Å²) < 4.78 is 15.1. The lowest BCUT2D eigenvalue weighted by atomic mass is 9.86. The number of hydrogen-bond donors (Lipinski definition) is 0. The van der Waals surface area contributed by atoms with Gasteiger partial charge in [0.25, 0.3) is 0 Å². The van der Waals surface area contributed by atoms with Gasteiger partial charge < -0.3 is 4.90 Å². The molecule has 1 amide bonds. The lowest BCUT2D eigenvalue weighted by Gasteiger charge is -2.42. The molecule has 0 N–H and O–H groups in total. The number of nitrogens with zero attached hydrogens (tertiary/aromatic N) is 3. The summed E-state index contributed by atoms with van der Waals surface area (Å²) in [4.78, 5) is 16.3. The first-order valence-corrected chi connectivity index (χ1v) is 10.2. The molecule has 4 rings (SSSR count). The van der Waals surface area contributed by atoms with Crippen LogP contribution in [0.3, 0.4) is 0 Å². The number of halogens is 2. The molecule has 1 atom stereocenters. The Morgan fingerprint density at radius 2 is 2.04 bits per heavy atom. The Morgan fingerprint density at radius 1 is 1.22 bits per heavy atom. The van der Waals surface area contributed by atoms with E-state index in [1.807, 2.05) is 29.2 Å². The molecule has 2 aromatic carbocycles. The van der Waals surface area contributed by atoms with E-state index in [4.69, 9.17) is 0 Å². The number of carbonyl (C=O) groups is 1. The second kappa shape index (κ2) is 7.37. The molecule has 0 spiro atoms. The molecular weight excluding hydrogens is 429 g/mol. The van der Waals surface area contributed by atoms with Crippen LogP contribution in [0.4, 0.5) is 10.1 Å². The van der Waals surface area contributed by atoms with Crippen molar-refractivity contribution in [2.75, 3.05) is 17.4 Å². The van der Waals surface area contributed by atoms with Gasteiger partial charge in [-0.05, 0) is 29.8 Å². The standard InChI is InChI=1S/C20H15BrFN3OS/c21-14-5-3-4-13(8-14)15-9-19(26)25-11-24(12-27-20(25)16(15)10-23)18-7-2-1-6-17(18)22/h1-8,15H,9,11-12H2/t15-/m0/s1. The van der Waals surface area contributed by atoms with Gasteiger partial charge in [0.1, 0.15) is 5.82 Å². The number of benzene rings is 2. The van der Waals surface area contributed by atoms with Gasteiger partial charge in [-0.15, -0.1) is 0 Å². The van der Waals surface area contributed by atoms with Crippen LogP contribution in [0.1, 0.15) is 17.9 Å². The van der Waals surface area contributed by atoms with Crippen LogP contribution in [-0.4, -0.2) is 23.4 Å². The van der Waals surface area contributed by atoms with Crippen molar-refractivity contribution in [3.63, 3.8) is 0 Å². The topological polar surface area (TPSA) is 47.3 Å². The molecule has 0 bridgehead atoms. The zero-order valence-electron chi connectivity index (χ0n) is 14.2. The molecule has 1 saturated heterocycles. The van der Waals surface area contributed by atoms with E-state index in [0.717, 1.165) is 10.0 Å². The molecule has 2 heterocycles. The zero-order valence-corrected chi connectivity index (χ0v) is 16.6. The average Bonchev–Trinajstić information content (AvgIpc) is 2.68. The summed E-state index contributed by atoms with van der Waals surface area (Å²) in [7, 11) is 0. The Labute approximate surface area is 169 Å². The first-order chi connectivity index (χ1) is 13.1. The van der Waals surface area contributed by atoms with Crippen molar-refractivity contribution in [3.8, 4) is 6.07 Å². The van der Waals surface area contributed by atoms with Crippen molar-refractivity contribution >= 4 is 39.3 Å². The largest absolute Gasteiger partial charge is 0.341 e. The van der Waals surface area contributed by atoms with Gasteiger partial charge >= 0.3 is 0 Å². The number of carbonyl (C=O) groups excluding carboxylic acids is 1. The van der Waals surface area contributed by atoms with Gasteiger partial charge in [-0.1, -0.05) is 52.0 Å². The second-order valence-electron chi connectivity index (χ2n) is 6.37. The first-order valence-electron chi connectivity index (χ1n) is 8.41. The minimum atomic E-state index is -0.317. The van der Waals surface area contributed by atoms with Gasteiger partial charge in [0, 0.05) is 16.8 Å². The molecule has 0 unspecified atom stereocenters. The molecule has 1 fully saturated rings. The van der Waals surface area contributed by atoms with E-state index in [9.17, 15) is 14.4 Å². The van der Waals surface area contributed by atoms with Crippen LogP contribution in [-0.2, 0) is 4.79 Å². The maximum atomic E-state index is 14.1. The summed E-state index contributed by atoms with van der Waals surface area (Å²) >= 11 is 4.86. The molecule has 0 radical (unpaired) electrons. The van der Waals surface area contributed by atoms with E-state index < -0.39 is 0 Å². The van der Waals surface area contributed by atoms with Gasteiger partial charge in [-0.25, -0.2) is 4.39 Å². The van der Waals surface area contributed by atoms with Crippen LogP contribution in [0.15, 0.2) is 63.6 Å². The number of anilines is 1. The Balaban J connectivity index is 1.69. The molecule has 7 heteroatoms. The first kappa shape index (κ1) is 18.1. The molecule has 4 nitrogen and oxygen atoms in total. The lowest BCUT2D eigenvalue weighted by molar-refractivity contribution is -0.129. The van der Waals surface area contributed by atoms with Gasteiger partial charge in [0.15, 0.2) is 0 Å². The highest BCUT2D eigenvalue weighted by molar-refractivity contribution is 9.10. The molecule has 2 aliphatic rings. The fourth-order valence-corrected chi connectivity index (χ4v) is 5.01. The summed E-state index contributed by atoms with van der Waals surface area (Å²) in [6, 6.07) is 16.6. The number of thioether (sulfide) groups is 1. The number of rotatable bonds is 2. The van der Waals surface area contributed by atoms with Crippen molar-refractivity contribution in [1.29, 1.82) is 5.26 Å². The summed E-state index contributed by atoms with van der Waals surface area (Å²) in [6.07, 6.45) is 0.231. The zero-order chi connectivity index (χ0) is 19.0. The third-order valence-electron chi connectivity index (χ3n) is 4.74. The van der Waals surface area contributed by atoms with Crippen LogP contribution in [0, 0.1) is 17.1 Å². The quantitative estimate of drug-likeness (QED) is 0.667. The highest BCUT2D eigenvalue weighted by atomic mass is 79.9. The number of amides is 1. The van der Waals surface area contributed by atoms with Gasteiger partial charge in [0.05, 0.1) is 34.9 Å². The molecule has 0 saturated carbocycles. The number of hydrogen-bond acceptors (Lipinski definition) is 4. The molecule has 0 aromatic heterocycles. The number of para-hydroxylation sites is 1. The minimum Gasteiger partial charge on any atom is -0.341 e. The maximum absolute atomic E-state index is 14.1.